The summed E-state index contributed by atoms with van der Waals surface area (Å²) in [6, 6.07) is 7.01. The molecule has 0 bridgehead atoms. The molecule has 0 aromatic heterocycles. The lowest BCUT2D eigenvalue weighted by Gasteiger charge is -2.31. The van der Waals surface area contributed by atoms with Crippen LogP contribution < -0.4 is 4.74 Å². The zero-order chi connectivity index (χ0) is 13.7. The molecule has 1 aliphatic rings. The Kier molecular flexibility index (Phi) is 4.55. The van der Waals surface area contributed by atoms with E-state index in [0.717, 1.165) is 19.5 Å². The van der Waals surface area contributed by atoms with Gasteiger partial charge in [0, 0.05) is 18.7 Å². The highest BCUT2D eigenvalue weighted by atomic mass is 16.5. The Labute approximate surface area is 113 Å². The summed E-state index contributed by atoms with van der Waals surface area (Å²) in [6.45, 7) is 3.82. The molecule has 102 valence electrons. The monoisotopic (exact) mass is 261 g/mol. The van der Waals surface area contributed by atoms with Gasteiger partial charge in [-0.25, -0.2) is 0 Å². The van der Waals surface area contributed by atoms with Crippen molar-refractivity contribution >= 4 is 12.2 Å². The van der Waals surface area contributed by atoms with Crippen LogP contribution in [0.15, 0.2) is 24.3 Å². The van der Waals surface area contributed by atoms with E-state index in [2.05, 4.69) is 6.92 Å². The second-order valence-corrected chi connectivity index (χ2v) is 5.00. The van der Waals surface area contributed by atoms with Gasteiger partial charge in [0.25, 0.3) is 5.91 Å². The van der Waals surface area contributed by atoms with Gasteiger partial charge in [0.2, 0.25) is 0 Å². The largest absolute Gasteiger partial charge is 0.486 e. The van der Waals surface area contributed by atoms with E-state index in [0.29, 0.717) is 23.5 Å². The standard InChI is InChI=1S/C15H19NO3/c1-12-4-3-7-16(11-12)15(18)13-5-2-6-14(10-13)19-9-8-17/h2,5-6,8,10,12H,3-4,7,9,11H2,1H3. The number of carbonyl (C=O) groups excluding carboxylic acids is 2. The first-order valence-electron chi connectivity index (χ1n) is 6.66. The van der Waals surface area contributed by atoms with Crippen molar-refractivity contribution < 1.29 is 14.3 Å². The predicted molar refractivity (Wildman–Crippen MR) is 72.3 cm³/mol. The number of hydrogen-bond donors (Lipinski definition) is 0. The molecule has 19 heavy (non-hydrogen) atoms. The number of rotatable bonds is 4. The fourth-order valence-corrected chi connectivity index (χ4v) is 2.41. The molecule has 1 amide bonds. The van der Waals surface area contributed by atoms with E-state index in [-0.39, 0.29) is 12.5 Å². The molecule has 1 aliphatic heterocycles. The van der Waals surface area contributed by atoms with E-state index in [4.69, 9.17) is 4.74 Å². The van der Waals surface area contributed by atoms with E-state index in [1.54, 1.807) is 24.3 Å². The lowest BCUT2D eigenvalue weighted by atomic mass is 9.99. The van der Waals surface area contributed by atoms with Crippen LogP contribution in [0.2, 0.25) is 0 Å². The maximum absolute atomic E-state index is 12.4. The summed E-state index contributed by atoms with van der Waals surface area (Å²) in [7, 11) is 0. The second-order valence-electron chi connectivity index (χ2n) is 5.00. The Bertz CT molecular complexity index is 458. The van der Waals surface area contributed by atoms with Gasteiger partial charge in [0.15, 0.2) is 6.29 Å². The molecule has 2 rings (SSSR count). The molecule has 1 fully saturated rings. The minimum atomic E-state index is 0.0123. The Morgan fingerprint density at radius 1 is 1.53 bits per heavy atom. The molecule has 1 heterocycles. The van der Waals surface area contributed by atoms with Crippen molar-refractivity contribution in [2.75, 3.05) is 19.7 Å². The number of nitrogens with zero attached hydrogens (tertiary/aromatic N) is 1. The molecule has 1 aromatic rings. The Balaban J connectivity index is 2.07. The van der Waals surface area contributed by atoms with Crippen molar-refractivity contribution in [1.82, 2.24) is 4.90 Å². The molecule has 0 N–H and O–H groups in total. The first-order valence-corrected chi connectivity index (χ1v) is 6.66. The van der Waals surface area contributed by atoms with Crippen LogP contribution in [0.25, 0.3) is 0 Å². The van der Waals surface area contributed by atoms with Crippen LogP contribution in [-0.4, -0.2) is 36.8 Å². The Morgan fingerprint density at radius 2 is 2.37 bits per heavy atom. The van der Waals surface area contributed by atoms with Gasteiger partial charge in [0.05, 0.1) is 0 Å². The summed E-state index contributed by atoms with van der Waals surface area (Å²) in [5, 5.41) is 0. The first-order chi connectivity index (χ1) is 9.20. The number of ether oxygens (including phenoxy) is 1. The van der Waals surface area contributed by atoms with Gasteiger partial charge in [-0.1, -0.05) is 13.0 Å². The number of carbonyl (C=O) groups is 2. The molecule has 1 saturated heterocycles. The number of aldehydes is 1. The zero-order valence-electron chi connectivity index (χ0n) is 11.2. The fraction of sp³-hybridized carbons (Fsp3) is 0.467. The molecule has 0 saturated carbocycles. The maximum atomic E-state index is 12.4. The van der Waals surface area contributed by atoms with E-state index >= 15 is 0 Å². The summed E-state index contributed by atoms with van der Waals surface area (Å²) < 4.78 is 5.22. The third-order valence-electron chi connectivity index (χ3n) is 3.34. The van der Waals surface area contributed by atoms with Crippen molar-refractivity contribution in [2.24, 2.45) is 5.92 Å². The average molecular weight is 261 g/mol. The van der Waals surface area contributed by atoms with Gasteiger partial charge in [-0.15, -0.1) is 0 Å². The number of hydrogen-bond acceptors (Lipinski definition) is 3. The molecule has 0 spiro atoms. The minimum Gasteiger partial charge on any atom is -0.486 e. The number of likely N-dealkylation sites (tertiary alicyclic amines) is 1. The fourth-order valence-electron chi connectivity index (χ4n) is 2.41. The van der Waals surface area contributed by atoms with Gasteiger partial charge >= 0.3 is 0 Å². The van der Waals surface area contributed by atoms with Gasteiger partial charge in [0.1, 0.15) is 12.4 Å². The predicted octanol–water partition coefficient (Wildman–Crippen LogP) is 2.14. The molecule has 1 unspecified atom stereocenters. The molecule has 0 aliphatic carbocycles. The first kappa shape index (κ1) is 13.6. The summed E-state index contributed by atoms with van der Waals surface area (Å²) in [5.41, 5.74) is 0.623. The molecule has 1 atom stereocenters. The highest BCUT2D eigenvalue weighted by Gasteiger charge is 2.22. The second kappa shape index (κ2) is 6.36. The lowest BCUT2D eigenvalue weighted by molar-refractivity contribution is -0.109. The van der Waals surface area contributed by atoms with Gasteiger partial charge < -0.3 is 9.64 Å². The van der Waals surface area contributed by atoms with Crippen molar-refractivity contribution in [3.8, 4) is 5.75 Å². The van der Waals surface area contributed by atoms with Gasteiger partial charge in [-0.05, 0) is 37.0 Å². The van der Waals surface area contributed by atoms with Crippen LogP contribution in [0.3, 0.4) is 0 Å². The van der Waals surface area contributed by atoms with Crippen LogP contribution >= 0.6 is 0 Å². The number of benzene rings is 1. The van der Waals surface area contributed by atoms with E-state index in [1.807, 2.05) is 4.90 Å². The summed E-state index contributed by atoms with van der Waals surface area (Å²) in [4.78, 5) is 24.5. The number of amides is 1. The summed E-state index contributed by atoms with van der Waals surface area (Å²) >= 11 is 0. The molecular formula is C15H19NO3. The highest BCUT2D eigenvalue weighted by molar-refractivity contribution is 5.94. The Hall–Kier alpha value is -1.84. The van der Waals surface area contributed by atoms with Gasteiger partial charge in [-0.3, -0.25) is 9.59 Å². The van der Waals surface area contributed by atoms with Crippen molar-refractivity contribution in [3.05, 3.63) is 29.8 Å². The third kappa shape index (κ3) is 3.56. The third-order valence-corrected chi connectivity index (χ3v) is 3.34. The van der Waals surface area contributed by atoms with Crippen LogP contribution in [0, 0.1) is 5.92 Å². The molecule has 4 heteroatoms. The SMILES string of the molecule is CC1CCCN(C(=O)c2cccc(OCC=O)c2)C1. The van der Waals surface area contributed by atoms with Crippen molar-refractivity contribution in [1.29, 1.82) is 0 Å². The normalized spacial score (nSPS) is 19.0. The van der Waals surface area contributed by atoms with E-state index < -0.39 is 0 Å². The molecular weight excluding hydrogens is 242 g/mol. The quantitative estimate of drug-likeness (QED) is 0.780. The Morgan fingerprint density at radius 3 is 3.11 bits per heavy atom. The molecule has 0 radical (unpaired) electrons. The van der Waals surface area contributed by atoms with Crippen molar-refractivity contribution in [3.63, 3.8) is 0 Å². The smallest absolute Gasteiger partial charge is 0.253 e. The lowest BCUT2D eigenvalue weighted by Crippen LogP contribution is -2.39. The minimum absolute atomic E-state index is 0.0123. The zero-order valence-corrected chi connectivity index (χ0v) is 11.2. The van der Waals surface area contributed by atoms with Crippen LogP contribution in [0.1, 0.15) is 30.1 Å². The molecule has 4 nitrogen and oxygen atoms in total. The summed E-state index contributed by atoms with van der Waals surface area (Å²) in [6.07, 6.45) is 2.95. The topological polar surface area (TPSA) is 46.6 Å². The highest BCUT2D eigenvalue weighted by Crippen LogP contribution is 2.20. The summed E-state index contributed by atoms with van der Waals surface area (Å²) in [5.74, 6) is 1.17. The van der Waals surface area contributed by atoms with Gasteiger partial charge in [-0.2, -0.15) is 0 Å². The van der Waals surface area contributed by atoms with Crippen LogP contribution in [0.4, 0.5) is 0 Å². The van der Waals surface area contributed by atoms with Crippen LogP contribution in [0.5, 0.6) is 5.75 Å². The average Bonchev–Trinajstić information content (AvgIpc) is 2.44. The van der Waals surface area contributed by atoms with E-state index in [9.17, 15) is 9.59 Å². The van der Waals surface area contributed by atoms with Crippen molar-refractivity contribution in [2.45, 2.75) is 19.8 Å². The number of piperidine rings is 1. The van der Waals surface area contributed by atoms with E-state index in [1.165, 1.54) is 6.42 Å². The van der Waals surface area contributed by atoms with Crippen LogP contribution in [-0.2, 0) is 4.79 Å². The maximum Gasteiger partial charge on any atom is 0.253 e. The molecule has 1 aromatic carbocycles.